The van der Waals surface area contributed by atoms with Crippen molar-refractivity contribution in [2.24, 2.45) is 0 Å². The van der Waals surface area contributed by atoms with Crippen molar-refractivity contribution < 1.29 is 27.1 Å². The van der Waals surface area contributed by atoms with E-state index in [0.717, 1.165) is 30.2 Å². The Bertz CT molecular complexity index is 1070. The number of allylic oxidation sites excluding steroid dienone is 2. The minimum Gasteiger partial charge on any atom is -0.420 e. The van der Waals surface area contributed by atoms with E-state index in [2.05, 4.69) is 0 Å². The molecule has 0 amide bonds. The van der Waals surface area contributed by atoms with Gasteiger partial charge in [-0.3, -0.25) is 0 Å². The monoisotopic (exact) mass is 388 g/mol. The number of hydrogen-bond donors (Lipinski definition) is 0. The Kier molecular flexibility index (Phi) is 5.78. The molecule has 0 bridgehead atoms. The zero-order valence-corrected chi connectivity index (χ0v) is 14.9. The van der Waals surface area contributed by atoms with Gasteiger partial charge in [0.1, 0.15) is 0 Å². The number of carbonyl (C=O) groups excluding carboxylic acids is 1. The average molecular weight is 388 g/mol. The van der Waals surface area contributed by atoms with Crippen LogP contribution in [0.1, 0.15) is 29.3 Å². The zero-order valence-electron chi connectivity index (χ0n) is 14.9. The molecule has 0 radical (unpaired) electrons. The second-order valence-corrected chi connectivity index (χ2v) is 6.18. The van der Waals surface area contributed by atoms with Crippen molar-refractivity contribution >= 4 is 16.7 Å². The lowest BCUT2D eigenvalue weighted by Crippen LogP contribution is -2.10. The van der Waals surface area contributed by atoms with Gasteiger partial charge in [-0.25, -0.2) is 22.4 Å². The van der Waals surface area contributed by atoms with Crippen LogP contribution in [-0.4, -0.2) is 5.97 Å². The van der Waals surface area contributed by atoms with Crippen LogP contribution in [0.4, 0.5) is 17.6 Å². The van der Waals surface area contributed by atoms with Gasteiger partial charge in [0.15, 0.2) is 29.0 Å². The number of hydrogen-bond acceptors (Lipinski definition) is 2. The van der Waals surface area contributed by atoms with Crippen molar-refractivity contribution in [2.75, 3.05) is 0 Å². The van der Waals surface area contributed by atoms with E-state index in [9.17, 15) is 22.4 Å². The highest BCUT2D eigenvalue weighted by Gasteiger charge is 2.17. The molecule has 0 unspecified atom stereocenters. The summed E-state index contributed by atoms with van der Waals surface area (Å²) in [6, 6.07) is 8.59. The third-order valence-electron chi connectivity index (χ3n) is 4.24. The number of benzene rings is 3. The summed E-state index contributed by atoms with van der Waals surface area (Å²) >= 11 is 0. The molecule has 0 saturated carbocycles. The lowest BCUT2D eigenvalue weighted by molar-refractivity contribution is 0.0728. The van der Waals surface area contributed by atoms with Crippen LogP contribution in [-0.2, 0) is 6.42 Å². The Morgan fingerprint density at radius 2 is 1.75 bits per heavy atom. The molecule has 6 heteroatoms. The third kappa shape index (κ3) is 4.06. The number of ether oxygens (including phenoxy) is 1. The first-order chi connectivity index (χ1) is 13.4. The van der Waals surface area contributed by atoms with E-state index in [4.69, 9.17) is 4.74 Å². The van der Waals surface area contributed by atoms with Crippen molar-refractivity contribution in [1.29, 1.82) is 0 Å². The molecule has 0 aliphatic heterocycles. The van der Waals surface area contributed by atoms with Gasteiger partial charge in [0.25, 0.3) is 0 Å². The second-order valence-electron chi connectivity index (χ2n) is 6.18. The number of esters is 1. The molecule has 0 saturated heterocycles. The Morgan fingerprint density at radius 1 is 0.964 bits per heavy atom. The Balaban J connectivity index is 1.82. The standard InChI is InChI=1S/C22H16F4O2/c1-2-3-4-5-13-6-9-19(17(23)10-13)28-22(27)14-7-8-16-15(11-14)12-18(24)21(26)20(16)25/h2-3,6-12H,4-5H2,1H3/b3-2+. The zero-order chi connectivity index (χ0) is 20.3. The predicted molar refractivity (Wildman–Crippen MR) is 98.3 cm³/mol. The fourth-order valence-electron chi connectivity index (χ4n) is 2.79. The Labute approximate surface area is 159 Å². The van der Waals surface area contributed by atoms with Crippen molar-refractivity contribution in [2.45, 2.75) is 19.8 Å². The van der Waals surface area contributed by atoms with Crippen LogP contribution in [0.15, 0.2) is 54.6 Å². The summed E-state index contributed by atoms with van der Waals surface area (Å²) in [4.78, 5) is 12.3. The summed E-state index contributed by atoms with van der Waals surface area (Å²) in [6.07, 6.45) is 5.28. The fourth-order valence-corrected chi connectivity index (χ4v) is 2.79. The van der Waals surface area contributed by atoms with Gasteiger partial charge in [0.05, 0.1) is 5.56 Å². The molecule has 28 heavy (non-hydrogen) atoms. The maximum atomic E-state index is 14.2. The fraction of sp³-hybridized carbons (Fsp3) is 0.136. The van der Waals surface area contributed by atoms with Crippen molar-refractivity contribution in [3.8, 4) is 5.75 Å². The molecule has 2 nitrogen and oxygen atoms in total. The van der Waals surface area contributed by atoms with Crippen LogP contribution in [0.3, 0.4) is 0 Å². The van der Waals surface area contributed by atoms with Gasteiger partial charge in [-0.05, 0) is 61.0 Å². The third-order valence-corrected chi connectivity index (χ3v) is 4.24. The summed E-state index contributed by atoms with van der Waals surface area (Å²) in [5.41, 5.74) is 0.712. The van der Waals surface area contributed by atoms with Gasteiger partial charge in [-0.1, -0.05) is 24.3 Å². The lowest BCUT2D eigenvalue weighted by Gasteiger charge is -2.08. The highest BCUT2D eigenvalue weighted by atomic mass is 19.2. The Hall–Kier alpha value is -3.15. The summed E-state index contributed by atoms with van der Waals surface area (Å²) in [5, 5.41) is -0.183. The van der Waals surface area contributed by atoms with Gasteiger partial charge >= 0.3 is 5.97 Å². The average Bonchev–Trinajstić information content (AvgIpc) is 2.68. The van der Waals surface area contributed by atoms with E-state index in [1.54, 1.807) is 6.07 Å². The van der Waals surface area contributed by atoms with Crippen molar-refractivity contribution in [1.82, 2.24) is 0 Å². The van der Waals surface area contributed by atoms with Crippen molar-refractivity contribution in [3.05, 3.63) is 89.0 Å². The summed E-state index contributed by atoms with van der Waals surface area (Å²) < 4.78 is 59.7. The number of fused-ring (bicyclic) bond motifs is 1. The largest absolute Gasteiger partial charge is 0.420 e. The van der Waals surface area contributed by atoms with E-state index in [1.807, 2.05) is 19.1 Å². The SMILES string of the molecule is C/C=C/CCc1ccc(OC(=O)c2ccc3c(F)c(F)c(F)cc3c2)c(F)c1. The van der Waals surface area contributed by atoms with Crippen LogP contribution in [0, 0.1) is 23.3 Å². The molecule has 0 atom stereocenters. The molecule has 0 fully saturated rings. The topological polar surface area (TPSA) is 26.3 Å². The highest BCUT2D eigenvalue weighted by Crippen LogP contribution is 2.25. The summed E-state index contributed by atoms with van der Waals surface area (Å²) in [5.74, 6) is -6.13. The van der Waals surface area contributed by atoms with Crippen LogP contribution < -0.4 is 4.74 Å². The quantitative estimate of drug-likeness (QED) is 0.173. The molecule has 144 valence electrons. The minimum absolute atomic E-state index is 0.00866. The van der Waals surface area contributed by atoms with Crippen LogP contribution >= 0.6 is 0 Å². The van der Waals surface area contributed by atoms with Crippen molar-refractivity contribution in [3.63, 3.8) is 0 Å². The van der Waals surface area contributed by atoms with Crippen LogP contribution in [0.5, 0.6) is 5.75 Å². The highest BCUT2D eigenvalue weighted by molar-refractivity contribution is 5.96. The normalized spacial score (nSPS) is 11.3. The first-order valence-electron chi connectivity index (χ1n) is 8.59. The number of rotatable bonds is 5. The first kappa shape index (κ1) is 19.6. The lowest BCUT2D eigenvalue weighted by atomic mass is 10.1. The molecule has 0 aliphatic carbocycles. The number of aryl methyl sites for hydroxylation is 1. The molecular formula is C22H16F4O2. The van der Waals surface area contributed by atoms with E-state index in [0.29, 0.717) is 6.42 Å². The summed E-state index contributed by atoms with van der Waals surface area (Å²) in [7, 11) is 0. The van der Waals surface area contributed by atoms with E-state index in [-0.39, 0.29) is 22.1 Å². The second kappa shape index (κ2) is 8.25. The summed E-state index contributed by atoms with van der Waals surface area (Å²) in [6.45, 7) is 1.90. The van der Waals surface area contributed by atoms with Gasteiger partial charge in [0, 0.05) is 5.39 Å². The van der Waals surface area contributed by atoms with Gasteiger partial charge in [0.2, 0.25) is 0 Å². The first-order valence-corrected chi connectivity index (χ1v) is 8.59. The van der Waals surface area contributed by atoms with Gasteiger partial charge in [-0.2, -0.15) is 0 Å². The predicted octanol–water partition coefficient (Wildman–Crippen LogP) is 6.12. The number of carbonyl (C=O) groups is 1. The number of halogens is 4. The van der Waals surface area contributed by atoms with Crippen LogP contribution in [0.2, 0.25) is 0 Å². The molecule has 0 aromatic heterocycles. The molecule has 0 spiro atoms. The molecule has 0 N–H and O–H groups in total. The molecule has 0 aliphatic rings. The molecule has 3 rings (SSSR count). The van der Waals surface area contributed by atoms with Crippen LogP contribution in [0.25, 0.3) is 10.8 Å². The minimum atomic E-state index is -1.58. The van der Waals surface area contributed by atoms with E-state index in [1.165, 1.54) is 18.2 Å². The maximum Gasteiger partial charge on any atom is 0.343 e. The van der Waals surface area contributed by atoms with Gasteiger partial charge in [-0.15, -0.1) is 0 Å². The molecular weight excluding hydrogens is 372 g/mol. The van der Waals surface area contributed by atoms with Gasteiger partial charge < -0.3 is 4.74 Å². The smallest absolute Gasteiger partial charge is 0.343 e. The Morgan fingerprint density at radius 3 is 2.46 bits per heavy atom. The molecule has 0 heterocycles. The molecule has 3 aromatic carbocycles. The molecule has 3 aromatic rings. The maximum absolute atomic E-state index is 14.2. The van der Waals surface area contributed by atoms with E-state index < -0.39 is 29.2 Å². The van der Waals surface area contributed by atoms with E-state index >= 15 is 0 Å².